The summed E-state index contributed by atoms with van der Waals surface area (Å²) >= 11 is 0. The Bertz CT molecular complexity index is 2810. The van der Waals surface area contributed by atoms with E-state index in [2.05, 4.69) is 36.9 Å². The molecule has 6 aromatic rings. The van der Waals surface area contributed by atoms with Gasteiger partial charge in [0, 0.05) is 60.7 Å². The van der Waals surface area contributed by atoms with Gasteiger partial charge in [-0.3, -0.25) is 29.3 Å². The Morgan fingerprint density at radius 1 is 0.873 bits per heavy atom. The van der Waals surface area contributed by atoms with Gasteiger partial charge in [-0.15, -0.1) is 0 Å². The van der Waals surface area contributed by atoms with Crippen LogP contribution in [0.2, 0.25) is 0 Å². The summed E-state index contributed by atoms with van der Waals surface area (Å²) in [4.78, 5) is 73.5. The van der Waals surface area contributed by atoms with Gasteiger partial charge in [0.25, 0.3) is 17.0 Å². The maximum absolute atomic E-state index is 13.1. The first kappa shape index (κ1) is 42.2. The number of benzene rings is 3. The van der Waals surface area contributed by atoms with E-state index in [1.807, 2.05) is 47.4 Å². The van der Waals surface area contributed by atoms with Crippen LogP contribution in [0.15, 0.2) is 107 Å². The molecule has 2 fully saturated rings. The first-order valence-corrected chi connectivity index (χ1v) is 21.2. The Hall–Kier alpha value is -7.54. The molecule has 3 aromatic heterocycles. The molecule has 3 amide bonds. The van der Waals surface area contributed by atoms with Crippen LogP contribution in [0.1, 0.15) is 68.5 Å². The van der Waals surface area contributed by atoms with Crippen molar-refractivity contribution in [1.82, 2.24) is 39.7 Å². The Morgan fingerprint density at radius 3 is 2.49 bits per heavy atom. The fourth-order valence-electron chi connectivity index (χ4n) is 7.93. The molecule has 0 aliphatic carbocycles. The number of imide groups is 1. The minimum atomic E-state index is -0.803. The van der Waals surface area contributed by atoms with Crippen LogP contribution >= 0.6 is 0 Å². The maximum atomic E-state index is 13.1. The number of ether oxygens (including phenoxy) is 1. The van der Waals surface area contributed by atoms with Crippen molar-refractivity contribution in [2.24, 2.45) is 5.92 Å². The molecule has 0 spiro atoms. The smallest absolute Gasteiger partial charge is 0.275 e. The Balaban J connectivity index is 0.732. The number of hydrogen-bond donors (Lipinski definition) is 2. The highest BCUT2D eigenvalue weighted by Crippen LogP contribution is 2.24. The average molecular weight is 847 g/mol. The van der Waals surface area contributed by atoms with Crippen LogP contribution in [0.5, 0.6) is 5.75 Å². The molecule has 3 aromatic carbocycles. The van der Waals surface area contributed by atoms with Crippen molar-refractivity contribution in [3.05, 3.63) is 129 Å². The van der Waals surface area contributed by atoms with E-state index < -0.39 is 11.9 Å². The van der Waals surface area contributed by atoms with E-state index in [4.69, 9.17) is 4.74 Å². The molecule has 2 N–H and O–H groups in total. The number of carbonyl (C=O) groups excluding carboxylic acids is 3. The van der Waals surface area contributed by atoms with E-state index in [9.17, 15) is 29.2 Å². The number of nitrogens with zero attached hydrogens (tertiary/aromatic N) is 8. The second-order valence-electron chi connectivity index (χ2n) is 15.9. The molecule has 0 bridgehead atoms. The normalized spacial score (nSPS) is 15.5. The van der Waals surface area contributed by atoms with Crippen LogP contribution in [-0.2, 0) is 20.9 Å². The van der Waals surface area contributed by atoms with E-state index in [0.29, 0.717) is 72.2 Å². The molecular formula is C47H46N10O6. The van der Waals surface area contributed by atoms with Gasteiger partial charge in [0.15, 0.2) is 11.6 Å². The first-order chi connectivity index (χ1) is 30.7. The molecule has 1 unspecified atom stereocenters. The number of hydrogen-bond acceptors (Lipinski definition) is 12. The molecular weight excluding hydrogens is 801 g/mol. The largest absolute Gasteiger partial charge is 0.490 e. The van der Waals surface area contributed by atoms with Crippen LogP contribution < -0.4 is 26.5 Å². The van der Waals surface area contributed by atoms with E-state index in [-0.39, 0.29) is 42.3 Å². The van der Waals surface area contributed by atoms with Gasteiger partial charge in [-0.2, -0.15) is 15.5 Å². The molecule has 320 valence electrons. The van der Waals surface area contributed by atoms with Crippen LogP contribution in [0, 0.1) is 17.2 Å². The summed E-state index contributed by atoms with van der Waals surface area (Å²) in [6.07, 6.45) is 10.1. The number of likely N-dealkylation sites (tertiary alicyclic amines) is 1. The predicted molar refractivity (Wildman–Crippen MR) is 234 cm³/mol. The highest BCUT2D eigenvalue weighted by Gasteiger charge is 2.30. The zero-order valence-electron chi connectivity index (χ0n) is 34.6. The van der Waals surface area contributed by atoms with Gasteiger partial charge in [0.2, 0.25) is 11.8 Å². The molecule has 0 saturated carbocycles. The summed E-state index contributed by atoms with van der Waals surface area (Å²) in [6, 6.07) is 24.6. The van der Waals surface area contributed by atoms with E-state index in [1.54, 1.807) is 48.9 Å². The number of anilines is 1. The third-order valence-corrected chi connectivity index (χ3v) is 11.5. The monoisotopic (exact) mass is 846 g/mol. The Morgan fingerprint density at radius 2 is 1.68 bits per heavy atom. The van der Waals surface area contributed by atoms with Gasteiger partial charge in [-0.05, 0) is 86.1 Å². The molecule has 16 heteroatoms. The van der Waals surface area contributed by atoms with Crippen molar-refractivity contribution in [2.45, 2.75) is 64.0 Å². The molecule has 2 aliphatic heterocycles. The third-order valence-electron chi connectivity index (χ3n) is 11.5. The molecule has 63 heavy (non-hydrogen) atoms. The van der Waals surface area contributed by atoms with Crippen molar-refractivity contribution in [2.75, 3.05) is 31.6 Å². The molecule has 5 heterocycles. The van der Waals surface area contributed by atoms with E-state index >= 15 is 0 Å². The van der Waals surface area contributed by atoms with Gasteiger partial charge >= 0.3 is 0 Å². The molecule has 8 rings (SSSR count). The minimum Gasteiger partial charge on any atom is -0.490 e. The number of nitrogens with one attached hydrogen (secondary N) is 2. The fraction of sp³-hybridized carbons (Fsp3) is 0.319. The van der Waals surface area contributed by atoms with Crippen LogP contribution in [0.25, 0.3) is 33.4 Å². The number of fused-ring (bicyclic) bond motifs is 1. The van der Waals surface area contributed by atoms with Gasteiger partial charge in [-0.25, -0.2) is 19.3 Å². The first-order valence-electron chi connectivity index (χ1n) is 21.2. The quantitative estimate of drug-likeness (QED) is 0.100. The second kappa shape index (κ2) is 19.4. The van der Waals surface area contributed by atoms with E-state index in [0.717, 1.165) is 59.2 Å². The van der Waals surface area contributed by atoms with Crippen molar-refractivity contribution in [3.8, 4) is 34.5 Å². The molecule has 1 atom stereocenters. The summed E-state index contributed by atoms with van der Waals surface area (Å²) < 4.78 is 8.62. The van der Waals surface area contributed by atoms with E-state index in [1.165, 1.54) is 10.7 Å². The summed E-state index contributed by atoms with van der Waals surface area (Å²) in [5.41, 5.74) is 3.77. The number of carbonyl (C=O) groups is 3. The number of amides is 3. The van der Waals surface area contributed by atoms with Gasteiger partial charge in [-0.1, -0.05) is 36.8 Å². The zero-order chi connectivity index (χ0) is 43.7. The number of unbranched alkanes of at least 4 members (excludes halogenated alkanes) is 2. The van der Waals surface area contributed by atoms with Crippen molar-refractivity contribution in [3.63, 3.8) is 0 Å². The molecule has 16 nitrogen and oxygen atoms in total. The van der Waals surface area contributed by atoms with Gasteiger partial charge < -0.3 is 15.0 Å². The molecule has 2 aliphatic rings. The summed E-state index contributed by atoms with van der Waals surface area (Å²) in [5.74, 6) is 0.744. The average Bonchev–Trinajstić information content (AvgIpc) is 3.31. The van der Waals surface area contributed by atoms with Gasteiger partial charge in [0.1, 0.15) is 6.04 Å². The van der Waals surface area contributed by atoms with Crippen LogP contribution in [-0.4, -0.2) is 78.4 Å². The lowest BCUT2D eigenvalue weighted by Gasteiger charge is -2.32. The fourth-order valence-corrected chi connectivity index (χ4v) is 7.93. The maximum Gasteiger partial charge on any atom is 0.275 e. The highest BCUT2D eigenvalue weighted by atomic mass is 16.5. The SMILES string of the molecule is N#Cc1cccc(-c2ccc(=O)n(Cc3cccc(-c4ncc(OCC5CCN(C(=O)CCCCCNc6ccc7c(=O)n(C8CCC(=O)NC8=O)ncc7c6)CC5)cn4)c3)n2)c1. The summed E-state index contributed by atoms with van der Waals surface area (Å²) in [7, 11) is 0. The lowest BCUT2D eigenvalue weighted by atomic mass is 9.97. The third kappa shape index (κ3) is 10.3. The van der Waals surface area contributed by atoms with Crippen molar-refractivity contribution in [1.29, 1.82) is 5.26 Å². The topological polar surface area (TPSA) is 207 Å². The summed E-state index contributed by atoms with van der Waals surface area (Å²) in [6.45, 7) is 2.89. The number of rotatable bonds is 15. The molecule has 2 saturated heterocycles. The highest BCUT2D eigenvalue weighted by molar-refractivity contribution is 5.99. The summed E-state index contributed by atoms with van der Waals surface area (Å²) in [5, 5.41) is 24.8. The van der Waals surface area contributed by atoms with Crippen LogP contribution in [0.3, 0.4) is 0 Å². The standard InChI is InChI=1S/C47H46N10O6/c48-25-32-6-4-8-34(22-32)40-13-16-44(60)56(54-40)29-33-7-5-9-35(23-33)45-50-27-38(28-51-45)63-30-31-17-20-55(21-18-31)43(59)10-2-1-3-19-49-37-11-12-39-36(24-37)26-52-57(47(39)62)41-14-15-42(58)53-46(41)61/h4-9,11-13,16,22-24,26-28,31,41,49H,1-3,10,14-15,17-21,29-30H2,(H,53,58,61). The lowest BCUT2D eigenvalue weighted by molar-refractivity contribution is -0.136. The Kier molecular flexibility index (Phi) is 13.0. The minimum absolute atomic E-state index is 0.165. The van der Waals surface area contributed by atoms with Crippen LogP contribution in [0.4, 0.5) is 5.69 Å². The lowest BCUT2D eigenvalue weighted by Crippen LogP contribution is -2.45. The predicted octanol–water partition coefficient (Wildman–Crippen LogP) is 5.26. The zero-order valence-corrected chi connectivity index (χ0v) is 34.6. The van der Waals surface area contributed by atoms with Gasteiger partial charge in [0.05, 0.1) is 54.5 Å². The van der Waals surface area contributed by atoms with Crippen molar-refractivity contribution >= 4 is 34.2 Å². The molecule has 0 radical (unpaired) electrons. The second-order valence-corrected chi connectivity index (χ2v) is 15.9. The number of nitriles is 1. The van der Waals surface area contributed by atoms with Crippen molar-refractivity contribution < 1.29 is 19.1 Å². The number of aromatic nitrogens is 6. The number of piperidine rings is 2. The Labute approximate surface area is 362 Å².